The highest BCUT2D eigenvalue weighted by atomic mass is 16.5. The summed E-state index contributed by atoms with van der Waals surface area (Å²) in [7, 11) is 3.05. The lowest BCUT2D eigenvalue weighted by molar-refractivity contribution is -0.134. The average Bonchev–Trinajstić information content (AvgIpc) is 2.45. The minimum Gasteiger partial charge on any atom is -0.380 e. The van der Waals surface area contributed by atoms with Crippen molar-refractivity contribution in [2.45, 2.75) is 31.4 Å². The Morgan fingerprint density at radius 2 is 2.00 bits per heavy atom. The van der Waals surface area contributed by atoms with Gasteiger partial charge in [-0.3, -0.25) is 9.59 Å². The maximum Gasteiger partial charge on any atom is 0.246 e. The lowest BCUT2D eigenvalue weighted by Crippen LogP contribution is -2.48. The highest BCUT2D eigenvalue weighted by molar-refractivity contribution is 5.78. The van der Waals surface area contributed by atoms with Gasteiger partial charge in [0.15, 0.2) is 0 Å². The molecular weight excluding hydrogens is 262 g/mol. The minimum atomic E-state index is -0.221. The SMILES string of the molecule is COCC(=O)NC1CCN(C(=O)CC(CN)OC)CC1. The minimum absolute atomic E-state index is 0.0592. The Morgan fingerprint density at radius 3 is 2.50 bits per heavy atom. The molecule has 0 aromatic rings. The first-order valence-electron chi connectivity index (χ1n) is 6.89. The smallest absolute Gasteiger partial charge is 0.246 e. The molecule has 1 unspecified atom stereocenters. The van der Waals surface area contributed by atoms with E-state index in [1.54, 1.807) is 12.0 Å². The van der Waals surface area contributed by atoms with E-state index in [1.807, 2.05) is 0 Å². The van der Waals surface area contributed by atoms with E-state index in [0.29, 0.717) is 26.1 Å². The van der Waals surface area contributed by atoms with E-state index in [0.717, 1.165) is 12.8 Å². The van der Waals surface area contributed by atoms with Crippen molar-refractivity contribution in [3.05, 3.63) is 0 Å². The van der Waals surface area contributed by atoms with Crippen molar-refractivity contribution in [1.29, 1.82) is 0 Å². The normalized spacial score (nSPS) is 17.9. The van der Waals surface area contributed by atoms with Crippen molar-refractivity contribution in [2.24, 2.45) is 5.73 Å². The van der Waals surface area contributed by atoms with Crippen molar-refractivity contribution in [3.8, 4) is 0 Å². The molecule has 1 aliphatic rings. The molecule has 7 nitrogen and oxygen atoms in total. The Balaban J connectivity index is 2.30. The van der Waals surface area contributed by atoms with Gasteiger partial charge in [-0.1, -0.05) is 0 Å². The van der Waals surface area contributed by atoms with Crippen molar-refractivity contribution in [2.75, 3.05) is 40.5 Å². The molecule has 1 atom stereocenters. The third-order valence-electron chi connectivity index (χ3n) is 3.49. The summed E-state index contributed by atoms with van der Waals surface area (Å²) in [6.45, 7) is 1.71. The molecule has 0 spiro atoms. The third-order valence-corrected chi connectivity index (χ3v) is 3.49. The molecule has 0 saturated carbocycles. The molecule has 3 N–H and O–H groups in total. The van der Waals surface area contributed by atoms with Crippen molar-refractivity contribution in [3.63, 3.8) is 0 Å². The van der Waals surface area contributed by atoms with Crippen LogP contribution in [0, 0.1) is 0 Å². The molecular formula is C13H25N3O4. The van der Waals surface area contributed by atoms with Crippen LogP contribution >= 0.6 is 0 Å². The van der Waals surface area contributed by atoms with Gasteiger partial charge >= 0.3 is 0 Å². The second-order valence-corrected chi connectivity index (χ2v) is 4.95. The third kappa shape index (κ3) is 5.44. The van der Waals surface area contributed by atoms with E-state index >= 15 is 0 Å². The van der Waals surface area contributed by atoms with E-state index in [4.69, 9.17) is 15.2 Å². The number of carbonyl (C=O) groups excluding carboxylic acids is 2. The van der Waals surface area contributed by atoms with Crippen molar-refractivity contribution < 1.29 is 19.1 Å². The maximum absolute atomic E-state index is 12.0. The van der Waals surface area contributed by atoms with Gasteiger partial charge in [-0.25, -0.2) is 0 Å². The van der Waals surface area contributed by atoms with Crippen LogP contribution in [-0.4, -0.2) is 69.3 Å². The number of hydrogen-bond acceptors (Lipinski definition) is 5. The summed E-state index contributed by atoms with van der Waals surface area (Å²) in [5.41, 5.74) is 5.51. The second kappa shape index (κ2) is 8.89. The number of methoxy groups -OCH3 is 2. The van der Waals surface area contributed by atoms with Crippen LogP contribution in [0.4, 0.5) is 0 Å². The fraction of sp³-hybridized carbons (Fsp3) is 0.846. The molecule has 1 saturated heterocycles. The molecule has 7 heteroatoms. The first-order valence-corrected chi connectivity index (χ1v) is 6.89. The lowest BCUT2D eigenvalue weighted by Gasteiger charge is -2.33. The quantitative estimate of drug-likeness (QED) is 0.633. The number of carbonyl (C=O) groups is 2. The van der Waals surface area contributed by atoms with Crippen LogP contribution in [0.3, 0.4) is 0 Å². The summed E-state index contributed by atoms with van der Waals surface area (Å²) in [5, 5.41) is 2.90. The van der Waals surface area contributed by atoms with Crippen LogP contribution in [-0.2, 0) is 19.1 Å². The first kappa shape index (κ1) is 16.9. The molecule has 1 aliphatic heterocycles. The maximum atomic E-state index is 12.0. The van der Waals surface area contributed by atoms with Crippen molar-refractivity contribution in [1.82, 2.24) is 10.2 Å². The van der Waals surface area contributed by atoms with Gasteiger partial charge in [0.05, 0.1) is 12.5 Å². The van der Waals surface area contributed by atoms with Gasteiger partial charge in [0.2, 0.25) is 11.8 Å². The highest BCUT2D eigenvalue weighted by Crippen LogP contribution is 2.12. The van der Waals surface area contributed by atoms with Crippen LogP contribution in [0.25, 0.3) is 0 Å². The van der Waals surface area contributed by atoms with Gasteiger partial charge in [0, 0.05) is 39.9 Å². The molecule has 20 heavy (non-hydrogen) atoms. The largest absolute Gasteiger partial charge is 0.380 e. The van der Waals surface area contributed by atoms with E-state index in [-0.39, 0.29) is 30.6 Å². The Bertz CT molecular complexity index is 313. The number of likely N-dealkylation sites (tertiary alicyclic amines) is 1. The molecule has 116 valence electrons. The number of hydrogen-bond donors (Lipinski definition) is 2. The fourth-order valence-corrected chi connectivity index (χ4v) is 2.26. The zero-order valence-corrected chi connectivity index (χ0v) is 12.3. The summed E-state index contributed by atoms with van der Waals surface area (Å²) in [4.78, 5) is 25.2. The zero-order chi connectivity index (χ0) is 15.0. The number of piperidine rings is 1. The van der Waals surface area contributed by atoms with E-state index in [2.05, 4.69) is 5.32 Å². The van der Waals surface area contributed by atoms with Crippen LogP contribution in [0.15, 0.2) is 0 Å². The molecule has 0 bridgehead atoms. The summed E-state index contributed by atoms with van der Waals surface area (Å²) < 4.78 is 9.89. The van der Waals surface area contributed by atoms with Gasteiger partial charge in [0.25, 0.3) is 0 Å². The predicted octanol–water partition coefficient (Wildman–Crippen LogP) is -0.896. The standard InChI is InChI=1S/C13H25N3O4/c1-19-9-12(17)15-10-3-5-16(6-4-10)13(18)7-11(8-14)20-2/h10-11H,3-9,14H2,1-2H3,(H,15,17). The highest BCUT2D eigenvalue weighted by Gasteiger charge is 2.25. The topological polar surface area (TPSA) is 93.9 Å². The first-order chi connectivity index (χ1) is 9.60. The summed E-state index contributed by atoms with van der Waals surface area (Å²) >= 11 is 0. The van der Waals surface area contributed by atoms with Crippen LogP contribution in [0.5, 0.6) is 0 Å². The molecule has 0 aromatic heterocycles. The molecule has 1 fully saturated rings. The lowest BCUT2D eigenvalue weighted by atomic mass is 10.0. The fourth-order valence-electron chi connectivity index (χ4n) is 2.26. The molecule has 0 aromatic carbocycles. The molecule has 0 aliphatic carbocycles. The Labute approximate surface area is 119 Å². The molecule has 1 rings (SSSR count). The van der Waals surface area contributed by atoms with E-state index < -0.39 is 0 Å². The van der Waals surface area contributed by atoms with Gasteiger partial charge < -0.3 is 25.4 Å². The Morgan fingerprint density at radius 1 is 1.35 bits per heavy atom. The summed E-state index contributed by atoms with van der Waals surface area (Å²) in [6, 6.07) is 0.120. The predicted molar refractivity (Wildman–Crippen MR) is 74.1 cm³/mol. The van der Waals surface area contributed by atoms with E-state index in [1.165, 1.54) is 7.11 Å². The van der Waals surface area contributed by atoms with Crippen LogP contribution < -0.4 is 11.1 Å². The van der Waals surface area contributed by atoms with Crippen molar-refractivity contribution >= 4 is 11.8 Å². The average molecular weight is 287 g/mol. The molecule has 2 amide bonds. The summed E-state index contributed by atoms with van der Waals surface area (Å²) in [6.07, 6.45) is 1.62. The van der Waals surface area contributed by atoms with Gasteiger partial charge in [0.1, 0.15) is 6.61 Å². The molecule has 0 radical (unpaired) electrons. The summed E-state index contributed by atoms with van der Waals surface area (Å²) in [5.74, 6) is -0.0520. The zero-order valence-electron chi connectivity index (χ0n) is 12.3. The Kier molecular flexibility index (Phi) is 7.50. The molecule has 1 heterocycles. The number of rotatable bonds is 7. The van der Waals surface area contributed by atoms with Crippen LogP contribution in [0.2, 0.25) is 0 Å². The monoisotopic (exact) mass is 287 g/mol. The van der Waals surface area contributed by atoms with Gasteiger partial charge in [-0.05, 0) is 12.8 Å². The number of nitrogens with zero attached hydrogens (tertiary/aromatic N) is 1. The number of amides is 2. The number of nitrogens with two attached hydrogens (primary N) is 1. The number of ether oxygens (including phenoxy) is 2. The Hall–Kier alpha value is -1.18. The van der Waals surface area contributed by atoms with Gasteiger partial charge in [-0.2, -0.15) is 0 Å². The van der Waals surface area contributed by atoms with Crippen LogP contribution in [0.1, 0.15) is 19.3 Å². The van der Waals surface area contributed by atoms with E-state index in [9.17, 15) is 9.59 Å². The number of nitrogens with one attached hydrogen (secondary N) is 1. The second-order valence-electron chi connectivity index (χ2n) is 4.95. The van der Waals surface area contributed by atoms with Gasteiger partial charge in [-0.15, -0.1) is 0 Å².